The van der Waals surface area contributed by atoms with Crippen molar-refractivity contribution in [3.05, 3.63) is 60.2 Å². The molecule has 1 unspecified atom stereocenters. The highest BCUT2D eigenvalue weighted by Gasteiger charge is 2.31. The molecule has 1 amide bonds. The van der Waals surface area contributed by atoms with E-state index in [0.29, 0.717) is 12.1 Å². The Morgan fingerprint density at radius 1 is 1.14 bits per heavy atom. The predicted octanol–water partition coefficient (Wildman–Crippen LogP) is 4.17. The lowest BCUT2D eigenvalue weighted by molar-refractivity contribution is 0.0702. The van der Waals surface area contributed by atoms with Crippen molar-refractivity contribution in [2.75, 3.05) is 13.1 Å². The van der Waals surface area contributed by atoms with E-state index in [0.717, 1.165) is 48.4 Å². The van der Waals surface area contributed by atoms with Crippen LogP contribution in [0.2, 0.25) is 0 Å². The van der Waals surface area contributed by atoms with E-state index in [4.69, 9.17) is 0 Å². The van der Waals surface area contributed by atoms with Crippen molar-refractivity contribution in [2.45, 2.75) is 38.1 Å². The fourth-order valence-corrected chi connectivity index (χ4v) is 4.43. The summed E-state index contributed by atoms with van der Waals surface area (Å²) in [5, 5.41) is 12.2. The molecule has 1 aromatic heterocycles. The molecular formula is C23H25N3O2. The molecule has 1 N–H and O–H groups in total. The van der Waals surface area contributed by atoms with E-state index in [-0.39, 0.29) is 17.6 Å². The molecule has 0 bridgehead atoms. The van der Waals surface area contributed by atoms with Gasteiger partial charge in [-0.25, -0.2) is 4.98 Å². The van der Waals surface area contributed by atoms with Gasteiger partial charge in [-0.3, -0.25) is 4.79 Å². The van der Waals surface area contributed by atoms with Crippen molar-refractivity contribution in [2.24, 2.45) is 5.92 Å². The zero-order valence-corrected chi connectivity index (χ0v) is 15.9. The first-order valence-corrected chi connectivity index (χ1v) is 10.2. The topological polar surface area (TPSA) is 58.4 Å². The second-order valence-corrected chi connectivity index (χ2v) is 8.15. The fraction of sp³-hybridized carbons (Fsp3) is 0.391. The summed E-state index contributed by atoms with van der Waals surface area (Å²) in [5.74, 6) is 2.12. The molecule has 5 heteroatoms. The number of carbonyl (C=O) groups is 1. The number of nitrogens with zero attached hydrogens (tertiary/aromatic N) is 3. The second kappa shape index (κ2) is 6.97. The average Bonchev–Trinajstić information content (AvgIpc) is 3.42. The lowest BCUT2D eigenvalue weighted by Gasteiger charge is -2.33. The summed E-state index contributed by atoms with van der Waals surface area (Å²) in [4.78, 5) is 19.9. The largest absolute Gasteiger partial charge is 0.507 e. The smallest absolute Gasteiger partial charge is 0.258 e. The van der Waals surface area contributed by atoms with Crippen LogP contribution in [0.5, 0.6) is 5.75 Å². The number of benzene rings is 2. The number of amides is 1. The third-order valence-electron chi connectivity index (χ3n) is 6.09. The summed E-state index contributed by atoms with van der Waals surface area (Å²) < 4.78 is 2.28. The van der Waals surface area contributed by atoms with Gasteiger partial charge in [0.15, 0.2) is 0 Å². The number of aromatic nitrogens is 2. The first-order chi connectivity index (χ1) is 13.7. The maximum absolute atomic E-state index is 13.4. The molecule has 2 heterocycles. The van der Waals surface area contributed by atoms with Crippen LogP contribution in [0.25, 0.3) is 10.8 Å². The molecule has 2 aliphatic rings. The number of piperidine rings is 1. The standard InChI is InChI=1S/C23H25N3O2/c27-20-10-9-17-4-1-2-6-19(17)21(20)23(28)26-12-3-5-18(15-26)22-24-11-13-25(22)14-16-7-8-16/h1-2,4,6,9-11,13,16,18,27H,3,5,7-8,12,14-15H2. The molecule has 3 aromatic rings. The molecule has 1 saturated carbocycles. The third-order valence-corrected chi connectivity index (χ3v) is 6.09. The maximum Gasteiger partial charge on any atom is 0.258 e. The minimum atomic E-state index is -0.0840. The van der Waals surface area contributed by atoms with Crippen LogP contribution in [-0.4, -0.2) is 38.6 Å². The van der Waals surface area contributed by atoms with Gasteiger partial charge in [0.05, 0.1) is 5.56 Å². The summed E-state index contributed by atoms with van der Waals surface area (Å²) in [7, 11) is 0. The van der Waals surface area contributed by atoms with Crippen LogP contribution in [0.4, 0.5) is 0 Å². The van der Waals surface area contributed by atoms with Crippen LogP contribution in [0, 0.1) is 5.92 Å². The van der Waals surface area contributed by atoms with E-state index in [1.165, 1.54) is 12.8 Å². The highest BCUT2D eigenvalue weighted by Crippen LogP contribution is 2.34. The monoisotopic (exact) mass is 375 g/mol. The molecule has 5 nitrogen and oxygen atoms in total. The number of fused-ring (bicyclic) bond motifs is 1. The van der Waals surface area contributed by atoms with Crippen molar-refractivity contribution in [3.8, 4) is 5.75 Å². The number of hydrogen-bond acceptors (Lipinski definition) is 3. The van der Waals surface area contributed by atoms with Gasteiger partial charge in [0.2, 0.25) is 0 Å². The minimum absolute atomic E-state index is 0.0565. The van der Waals surface area contributed by atoms with Gasteiger partial charge in [-0.15, -0.1) is 0 Å². The summed E-state index contributed by atoms with van der Waals surface area (Å²) in [5.41, 5.74) is 0.417. The Labute approximate surface area is 164 Å². The Hall–Kier alpha value is -2.82. The van der Waals surface area contributed by atoms with E-state index in [1.54, 1.807) is 6.07 Å². The lowest BCUT2D eigenvalue weighted by atomic mass is 9.95. The van der Waals surface area contributed by atoms with Gasteiger partial charge in [0.1, 0.15) is 11.6 Å². The van der Waals surface area contributed by atoms with Crippen LogP contribution in [0.1, 0.15) is 47.8 Å². The van der Waals surface area contributed by atoms with Gasteiger partial charge >= 0.3 is 0 Å². The maximum atomic E-state index is 13.4. The van der Waals surface area contributed by atoms with Gasteiger partial charge in [-0.2, -0.15) is 0 Å². The van der Waals surface area contributed by atoms with E-state index in [1.807, 2.05) is 41.4 Å². The fourth-order valence-electron chi connectivity index (χ4n) is 4.43. The van der Waals surface area contributed by atoms with Crippen LogP contribution < -0.4 is 0 Å². The average molecular weight is 375 g/mol. The van der Waals surface area contributed by atoms with Crippen molar-refractivity contribution in [3.63, 3.8) is 0 Å². The molecule has 0 radical (unpaired) electrons. The van der Waals surface area contributed by atoms with Gasteiger partial charge in [0.25, 0.3) is 5.91 Å². The van der Waals surface area contributed by atoms with Gasteiger partial charge in [0, 0.05) is 37.9 Å². The Balaban J connectivity index is 1.42. The third kappa shape index (κ3) is 3.15. The molecule has 28 heavy (non-hydrogen) atoms. The Kier molecular flexibility index (Phi) is 4.30. The summed E-state index contributed by atoms with van der Waals surface area (Å²) in [6.45, 7) is 2.42. The number of phenolic OH excluding ortho intramolecular Hbond substituents is 1. The quantitative estimate of drug-likeness (QED) is 0.744. The van der Waals surface area contributed by atoms with Crippen LogP contribution in [-0.2, 0) is 6.54 Å². The molecule has 1 saturated heterocycles. The van der Waals surface area contributed by atoms with E-state index >= 15 is 0 Å². The highest BCUT2D eigenvalue weighted by atomic mass is 16.3. The molecule has 2 fully saturated rings. The molecule has 2 aromatic carbocycles. The second-order valence-electron chi connectivity index (χ2n) is 8.15. The first kappa shape index (κ1) is 17.3. The van der Waals surface area contributed by atoms with Gasteiger partial charge in [-0.05, 0) is 48.4 Å². The first-order valence-electron chi connectivity index (χ1n) is 10.2. The van der Waals surface area contributed by atoms with Crippen LogP contribution in [0.3, 0.4) is 0 Å². The molecule has 5 rings (SSSR count). The Bertz CT molecular complexity index is 1020. The van der Waals surface area contributed by atoms with E-state index < -0.39 is 0 Å². The van der Waals surface area contributed by atoms with E-state index in [9.17, 15) is 9.90 Å². The lowest BCUT2D eigenvalue weighted by Crippen LogP contribution is -2.40. The van der Waals surface area contributed by atoms with E-state index in [2.05, 4.69) is 15.7 Å². The predicted molar refractivity (Wildman–Crippen MR) is 108 cm³/mol. The number of carbonyl (C=O) groups excluding carboxylic acids is 1. The molecule has 1 atom stereocenters. The number of aromatic hydroxyl groups is 1. The van der Waals surface area contributed by atoms with Crippen LogP contribution >= 0.6 is 0 Å². The van der Waals surface area contributed by atoms with Crippen molar-refractivity contribution in [1.29, 1.82) is 0 Å². The summed E-state index contributed by atoms with van der Waals surface area (Å²) in [6, 6.07) is 11.2. The Morgan fingerprint density at radius 3 is 2.86 bits per heavy atom. The summed E-state index contributed by atoms with van der Waals surface area (Å²) in [6.07, 6.45) is 8.59. The molecule has 1 aliphatic heterocycles. The molecule has 0 spiro atoms. The number of hydrogen-bond donors (Lipinski definition) is 1. The normalized spacial score (nSPS) is 19.9. The van der Waals surface area contributed by atoms with Crippen LogP contribution in [0.15, 0.2) is 48.8 Å². The Morgan fingerprint density at radius 2 is 2.00 bits per heavy atom. The zero-order valence-electron chi connectivity index (χ0n) is 15.9. The number of likely N-dealkylation sites (tertiary alicyclic amines) is 1. The SMILES string of the molecule is O=C(c1c(O)ccc2ccccc12)N1CCCC(c2nccn2CC2CC2)C1. The zero-order chi connectivity index (χ0) is 19.1. The molecule has 144 valence electrons. The number of rotatable bonds is 4. The highest BCUT2D eigenvalue weighted by molar-refractivity contribution is 6.09. The minimum Gasteiger partial charge on any atom is -0.507 e. The van der Waals surface area contributed by atoms with Crippen molar-refractivity contribution < 1.29 is 9.90 Å². The number of phenols is 1. The van der Waals surface area contributed by atoms with Gasteiger partial charge < -0.3 is 14.6 Å². The van der Waals surface area contributed by atoms with Crippen molar-refractivity contribution >= 4 is 16.7 Å². The molecule has 1 aliphatic carbocycles. The number of imidazole rings is 1. The van der Waals surface area contributed by atoms with Gasteiger partial charge in [-0.1, -0.05) is 30.3 Å². The van der Waals surface area contributed by atoms with Crippen molar-refractivity contribution in [1.82, 2.24) is 14.5 Å². The molecular weight excluding hydrogens is 350 g/mol. The summed E-state index contributed by atoms with van der Waals surface area (Å²) >= 11 is 0.